The molecule has 1 rings (SSSR count). The standard InChI is InChI=1S/C16H23N3O/c1-12(4-3-5-13(2)18)16(20)19-11-15-8-6-14(10-17)7-9-15/h6-9,12-13H,3-5,11,18H2,1-2H3,(H,19,20). The SMILES string of the molecule is CC(N)CCCC(C)C(=O)NCc1ccc(C#N)cc1. The van der Waals surface area contributed by atoms with E-state index in [0.717, 1.165) is 24.8 Å². The van der Waals surface area contributed by atoms with Crippen LogP contribution in [0.15, 0.2) is 24.3 Å². The topological polar surface area (TPSA) is 78.9 Å². The van der Waals surface area contributed by atoms with Crippen LogP contribution < -0.4 is 11.1 Å². The molecule has 0 radical (unpaired) electrons. The van der Waals surface area contributed by atoms with Gasteiger partial charge in [0.1, 0.15) is 0 Å². The van der Waals surface area contributed by atoms with E-state index in [4.69, 9.17) is 11.0 Å². The van der Waals surface area contributed by atoms with Crippen LogP contribution in [0, 0.1) is 17.2 Å². The Morgan fingerprint density at radius 2 is 1.95 bits per heavy atom. The monoisotopic (exact) mass is 273 g/mol. The van der Waals surface area contributed by atoms with E-state index in [0.29, 0.717) is 12.1 Å². The van der Waals surface area contributed by atoms with Gasteiger partial charge in [-0.15, -0.1) is 0 Å². The van der Waals surface area contributed by atoms with E-state index in [9.17, 15) is 4.79 Å². The van der Waals surface area contributed by atoms with Crippen LogP contribution in [0.5, 0.6) is 0 Å². The van der Waals surface area contributed by atoms with E-state index in [1.807, 2.05) is 26.0 Å². The fourth-order valence-electron chi connectivity index (χ4n) is 1.94. The van der Waals surface area contributed by atoms with Gasteiger partial charge in [-0.25, -0.2) is 0 Å². The molecule has 0 heterocycles. The third-order valence-corrected chi connectivity index (χ3v) is 3.29. The molecule has 0 spiro atoms. The first-order chi connectivity index (χ1) is 9.52. The molecule has 0 aliphatic rings. The van der Waals surface area contributed by atoms with Crippen molar-refractivity contribution in [2.24, 2.45) is 11.7 Å². The Morgan fingerprint density at radius 3 is 2.50 bits per heavy atom. The minimum Gasteiger partial charge on any atom is -0.352 e. The number of rotatable bonds is 7. The maximum absolute atomic E-state index is 11.9. The summed E-state index contributed by atoms with van der Waals surface area (Å²) in [5.74, 6) is 0.0752. The first-order valence-corrected chi connectivity index (χ1v) is 7.05. The van der Waals surface area contributed by atoms with Gasteiger partial charge in [0, 0.05) is 18.5 Å². The first kappa shape index (κ1) is 16.2. The van der Waals surface area contributed by atoms with Crippen molar-refractivity contribution in [3.8, 4) is 6.07 Å². The van der Waals surface area contributed by atoms with Gasteiger partial charge in [0.05, 0.1) is 11.6 Å². The summed E-state index contributed by atoms with van der Waals surface area (Å²) in [4.78, 5) is 11.9. The fraction of sp³-hybridized carbons (Fsp3) is 0.500. The second kappa shape index (κ2) is 8.34. The normalized spacial score (nSPS) is 13.3. The molecule has 0 saturated carbocycles. The molecule has 1 amide bonds. The molecule has 20 heavy (non-hydrogen) atoms. The Kier molecular flexibility index (Phi) is 6.75. The van der Waals surface area contributed by atoms with Crippen molar-refractivity contribution in [3.63, 3.8) is 0 Å². The second-order valence-electron chi connectivity index (χ2n) is 5.34. The van der Waals surface area contributed by atoms with E-state index < -0.39 is 0 Å². The quantitative estimate of drug-likeness (QED) is 0.800. The summed E-state index contributed by atoms with van der Waals surface area (Å²) in [6, 6.07) is 9.51. The minimum atomic E-state index is 0.00660. The third-order valence-electron chi connectivity index (χ3n) is 3.29. The van der Waals surface area contributed by atoms with Crippen LogP contribution in [0.2, 0.25) is 0 Å². The summed E-state index contributed by atoms with van der Waals surface area (Å²) >= 11 is 0. The molecule has 0 bridgehead atoms. The number of amides is 1. The molecule has 0 fully saturated rings. The number of hydrogen-bond acceptors (Lipinski definition) is 3. The van der Waals surface area contributed by atoms with Gasteiger partial charge in [-0.05, 0) is 37.5 Å². The maximum Gasteiger partial charge on any atom is 0.223 e. The molecule has 4 heteroatoms. The number of benzene rings is 1. The molecule has 2 atom stereocenters. The zero-order valence-corrected chi connectivity index (χ0v) is 12.2. The average molecular weight is 273 g/mol. The summed E-state index contributed by atoms with van der Waals surface area (Å²) in [6.45, 7) is 4.42. The van der Waals surface area contributed by atoms with Gasteiger partial charge in [-0.2, -0.15) is 5.26 Å². The van der Waals surface area contributed by atoms with Gasteiger partial charge < -0.3 is 11.1 Å². The maximum atomic E-state index is 11.9. The first-order valence-electron chi connectivity index (χ1n) is 7.05. The molecule has 2 unspecified atom stereocenters. The molecule has 4 nitrogen and oxygen atoms in total. The summed E-state index contributed by atoms with van der Waals surface area (Å²) in [6.07, 6.45) is 2.79. The molecule has 0 aromatic heterocycles. The van der Waals surface area contributed by atoms with Crippen molar-refractivity contribution in [3.05, 3.63) is 35.4 Å². The molecule has 0 saturated heterocycles. The Bertz CT molecular complexity index is 460. The van der Waals surface area contributed by atoms with Gasteiger partial charge in [0.25, 0.3) is 0 Å². The molecule has 1 aromatic rings. The van der Waals surface area contributed by atoms with Crippen LogP contribution in [0.4, 0.5) is 0 Å². The van der Waals surface area contributed by atoms with Gasteiger partial charge in [-0.3, -0.25) is 4.79 Å². The highest BCUT2D eigenvalue weighted by molar-refractivity contribution is 5.78. The van der Waals surface area contributed by atoms with Crippen LogP contribution in [0.25, 0.3) is 0 Å². The van der Waals surface area contributed by atoms with E-state index in [2.05, 4.69) is 11.4 Å². The highest BCUT2D eigenvalue weighted by Gasteiger charge is 2.12. The minimum absolute atomic E-state index is 0.00660. The van der Waals surface area contributed by atoms with E-state index in [-0.39, 0.29) is 17.9 Å². The van der Waals surface area contributed by atoms with Gasteiger partial charge in [0.15, 0.2) is 0 Å². The zero-order valence-electron chi connectivity index (χ0n) is 12.2. The van der Waals surface area contributed by atoms with Crippen molar-refractivity contribution in [2.75, 3.05) is 0 Å². The van der Waals surface area contributed by atoms with Crippen molar-refractivity contribution >= 4 is 5.91 Å². The molecular weight excluding hydrogens is 250 g/mol. The molecule has 108 valence electrons. The lowest BCUT2D eigenvalue weighted by atomic mass is 10.0. The van der Waals surface area contributed by atoms with E-state index in [1.165, 1.54) is 0 Å². The highest BCUT2D eigenvalue weighted by atomic mass is 16.1. The van der Waals surface area contributed by atoms with Crippen LogP contribution in [0.3, 0.4) is 0 Å². The van der Waals surface area contributed by atoms with Gasteiger partial charge in [-0.1, -0.05) is 25.5 Å². The summed E-state index contributed by atoms with van der Waals surface area (Å²) < 4.78 is 0. The van der Waals surface area contributed by atoms with Crippen molar-refractivity contribution < 1.29 is 4.79 Å². The van der Waals surface area contributed by atoms with Crippen LogP contribution in [-0.2, 0) is 11.3 Å². The van der Waals surface area contributed by atoms with Crippen molar-refractivity contribution in [1.82, 2.24) is 5.32 Å². The fourth-order valence-corrected chi connectivity index (χ4v) is 1.94. The lowest BCUT2D eigenvalue weighted by molar-refractivity contribution is -0.124. The number of carbonyl (C=O) groups excluding carboxylic acids is 1. The largest absolute Gasteiger partial charge is 0.352 e. The predicted octanol–water partition coefficient (Wildman–Crippen LogP) is 2.33. The number of nitriles is 1. The van der Waals surface area contributed by atoms with Crippen LogP contribution in [0.1, 0.15) is 44.2 Å². The summed E-state index contributed by atoms with van der Waals surface area (Å²) in [5.41, 5.74) is 7.32. The van der Waals surface area contributed by atoms with Crippen LogP contribution in [-0.4, -0.2) is 11.9 Å². The molecule has 3 N–H and O–H groups in total. The lowest BCUT2D eigenvalue weighted by Crippen LogP contribution is -2.29. The highest BCUT2D eigenvalue weighted by Crippen LogP contribution is 2.10. The van der Waals surface area contributed by atoms with E-state index in [1.54, 1.807) is 12.1 Å². The summed E-state index contributed by atoms with van der Waals surface area (Å²) in [7, 11) is 0. The number of hydrogen-bond donors (Lipinski definition) is 2. The van der Waals surface area contributed by atoms with E-state index >= 15 is 0 Å². The zero-order chi connectivity index (χ0) is 15.0. The number of nitrogens with one attached hydrogen (secondary N) is 1. The Morgan fingerprint density at radius 1 is 1.30 bits per heavy atom. The predicted molar refractivity (Wildman–Crippen MR) is 79.7 cm³/mol. The van der Waals surface area contributed by atoms with Crippen molar-refractivity contribution in [2.45, 2.75) is 45.7 Å². The molecular formula is C16H23N3O. The third kappa shape index (κ3) is 5.85. The lowest BCUT2D eigenvalue weighted by Gasteiger charge is -2.13. The second-order valence-corrected chi connectivity index (χ2v) is 5.34. The molecule has 1 aromatic carbocycles. The van der Waals surface area contributed by atoms with Crippen molar-refractivity contribution in [1.29, 1.82) is 5.26 Å². The number of nitrogens with two attached hydrogens (primary N) is 1. The van der Waals surface area contributed by atoms with Gasteiger partial charge in [0.2, 0.25) is 5.91 Å². The number of nitrogens with zero attached hydrogens (tertiary/aromatic N) is 1. The Balaban J connectivity index is 2.32. The van der Waals surface area contributed by atoms with Gasteiger partial charge >= 0.3 is 0 Å². The molecule has 0 aliphatic carbocycles. The molecule has 0 aliphatic heterocycles. The summed E-state index contributed by atoms with van der Waals surface area (Å²) in [5, 5.41) is 11.6. The smallest absolute Gasteiger partial charge is 0.223 e. The average Bonchev–Trinajstić information content (AvgIpc) is 2.44. The Labute approximate surface area is 121 Å². The Hall–Kier alpha value is -1.86. The van der Waals surface area contributed by atoms with Crippen LogP contribution >= 0.6 is 0 Å². The number of carbonyl (C=O) groups is 1.